The Morgan fingerprint density at radius 2 is 2.06 bits per heavy atom. The summed E-state index contributed by atoms with van der Waals surface area (Å²) >= 11 is 0. The van der Waals surface area contributed by atoms with Crippen LogP contribution in [0.2, 0.25) is 0 Å². The average molecular weight is 235 g/mol. The van der Waals surface area contributed by atoms with Gasteiger partial charge in [-0.3, -0.25) is 0 Å². The molecule has 2 aromatic rings. The van der Waals surface area contributed by atoms with E-state index in [1.807, 2.05) is 13.8 Å². The van der Waals surface area contributed by atoms with Gasteiger partial charge >= 0.3 is 0 Å². The normalized spacial score (nSPS) is 10.6. The number of rotatable bonds is 3. The molecule has 0 N–H and O–H groups in total. The first-order valence-corrected chi connectivity index (χ1v) is 5.38. The van der Waals surface area contributed by atoms with E-state index in [4.69, 9.17) is 9.15 Å². The van der Waals surface area contributed by atoms with Crippen molar-refractivity contribution >= 4 is 0 Å². The molecule has 0 radical (unpaired) electrons. The van der Waals surface area contributed by atoms with E-state index in [1.54, 1.807) is 25.1 Å². The molecule has 17 heavy (non-hydrogen) atoms. The fourth-order valence-electron chi connectivity index (χ4n) is 1.47. The molecule has 0 saturated carbocycles. The molecule has 0 aliphatic carbocycles. The summed E-state index contributed by atoms with van der Waals surface area (Å²) < 4.78 is 24.3. The Balaban J connectivity index is 2.10. The summed E-state index contributed by atoms with van der Waals surface area (Å²) in [5, 5.41) is 0. The maximum absolute atomic E-state index is 13.6. The summed E-state index contributed by atoms with van der Waals surface area (Å²) in [6.45, 7) is 5.52. The lowest BCUT2D eigenvalue weighted by molar-refractivity contribution is 0.249. The molecule has 0 fully saturated rings. The SMILES string of the molecule is Cc1cccc(OCc2nc(C)c(C)o2)c1F. The molecule has 0 aliphatic rings. The van der Waals surface area contributed by atoms with E-state index >= 15 is 0 Å². The largest absolute Gasteiger partial charge is 0.481 e. The van der Waals surface area contributed by atoms with Gasteiger partial charge in [-0.05, 0) is 32.4 Å². The summed E-state index contributed by atoms with van der Waals surface area (Å²) in [5.41, 5.74) is 1.38. The maximum atomic E-state index is 13.6. The molecule has 3 nitrogen and oxygen atoms in total. The van der Waals surface area contributed by atoms with Gasteiger partial charge in [-0.15, -0.1) is 0 Å². The fraction of sp³-hybridized carbons (Fsp3) is 0.308. The van der Waals surface area contributed by atoms with Crippen molar-refractivity contribution in [3.05, 3.63) is 46.9 Å². The summed E-state index contributed by atoms with van der Waals surface area (Å²) in [6.07, 6.45) is 0. The highest BCUT2D eigenvalue weighted by Crippen LogP contribution is 2.21. The van der Waals surface area contributed by atoms with Crippen LogP contribution in [0.15, 0.2) is 22.6 Å². The molecule has 0 amide bonds. The van der Waals surface area contributed by atoms with Crippen LogP contribution in [-0.4, -0.2) is 4.98 Å². The first-order valence-electron chi connectivity index (χ1n) is 5.38. The molecule has 0 spiro atoms. The summed E-state index contributed by atoms with van der Waals surface area (Å²) in [7, 11) is 0. The van der Waals surface area contributed by atoms with Crippen LogP contribution >= 0.6 is 0 Å². The molecular formula is C13H14FNO2. The van der Waals surface area contributed by atoms with Crippen molar-refractivity contribution in [1.29, 1.82) is 0 Å². The Kier molecular flexibility index (Phi) is 3.13. The van der Waals surface area contributed by atoms with E-state index in [-0.39, 0.29) is 18.2 Å². The van der Waals surface area contributed by atoms with Crippen LogP contribution < -0.4 is 4.74 Å². The van der Waals surface area contributed by atoms with Crippen molar-refractivity contribution < 1.29 is 13.5 Å². The molecule has 2 rings (SSSR count). The van der Waals surface area contributed by atoms with E-state index in [2.05, 4.69) is 4.98 Å². The van der Waals surface area contributed by atoms with Gasteiger partial charge in [0.05, 0.1) is 5.69 Å². The Bertz CT molecular complexity index is 515. The fourth-order valence-corrected chi connectivity index (χ4v) is 1.47. The van der Waals surface area contributed by atoms with E-state index in [9.17, 15) is 4.39 Å². The average Bonchev–Trinajstić information content (AvgIpc) is 2.61. The molecule has 0 atom stereocenters. The van der Waals surface area contributed by atoms with E-state index in [0.29, 0.717) is 11.5 Å². The quantitative estimate of drug-likeness (QED) is 0.818. The highest BCUT2D eigenvalue weighted by Gasteiger charge is 2.09. The second kappa shape index (κ2) is 4.57. The number of halogens is 1. The number of hydrogen-bond acceptors (Lipinski definition) is 3. The minimum atomic E-state index is -0.340. The lowest BCUT2D eigenvalue weighted by Gasteiger charge is -2.06. The van der Waals surface area contributed by atoms with Gasteiger partial charge in [0.25, 0.3) is 0 Å². The van der Waals surface area contributed by atoms with Gasteiger partial charge in [0.15, 0.2) is 18.2 Å². The molecule has 0 saturated heterocycles. The van der Waals surface area contributed by atoms with E-state index in [1.165, 1.54) is 0 Å². The number of nitrogens with zero attached hydrogens (tertiary/aromatic N) is 1. The lowest BCUT2D eigenvalue weighted by atomic mass is 10.2. The molecular weight excluding hydrogens is 221 g/mol. The van der Waals surface area contributed by atoms with Crippen molar-refractivity contribution in [2.75, 3.05) is 0 Å². The van der Waals surface area contributed by atoms with Gasteiger partial charge in [0.1, 0.15) is 5.76 Å². The minimum Gasteiger partial charge on any atom is -0.481 e. The van der Waals surface area contributed by atoms with Crippen LogP contribution in [0.1, 0.15) is 22.9 Å². The van der Waals surface area contributed by atoms with Crippen LogP contribution in [0.5, 0.6) is 5.75 Å². The second-order valence-electron chi connectivity index (χ2n) is 3.92. The van der Waals surface area contributed by atoms with Gasteiger partial charge in [0, 0.05) is 0 Å². The zero-order valence-electron chi connectivity index (χ0n) is 10.1. The first kappa shape index (κ1) is 11.6. The highest BCUT2D eigenvalue weighted by atomic mass is 19.1. The third kappa shape index (κ3) is 2.46. The first-order chi connectivity index (χ1) is 8.08. The Morgan fingerprint density at radius 1 is 1.29 bits per heavy atom. The van der Waals surface area contributed by atoms with Crippen LogP contribution in [0.3, 0.4) is 0 Å². The van der Waals surface area contributed by atoms with E-state index in [0.717, 1.165) is 11.5 Å². The van der Waals surface area contributed by atoms with Crippen molar-refractivity contribution in [2.45, 2.75) is 27.4 Å². The van der Waals surface area contributed by atoms with Crippen LogP contribution in [0, 0.1) is 26.6 Å². The zero-order chi connectivity index (χ0) is 12.4. The van der Waals surface area contributed by atoms with Gasteiger partial charge in [-0.1, -0.05) is 12.1 Å². The number of aromatic nitrogens is 1. The summed E-state index contributed by atoms with van der Waals surface area (Å²) in [5.74, 6) is 1.10. The molecule has 1 heterocycles. The highest BCUT2D eigenvalue weighted by molar-refractivity contribution is 5.30. The topological polar surface area (TPSA) is 35.3 Å². The van der Waals surface area contributed by atoms with Gasteiger partial charge in [-0.25, -0.2) is 9.37 Å². The maximum Gasteiger partial charge on any atom is 0.232 e. The summed E-state index contributed by atoms with van der Waals surface area (Å²) in [6, 6.07) is 5.03. The number of hydrogen-bond donors (Lipinski definition) is 0. The van der Waals surface area contributed by atoms with E-state index < -0.39 is 0 Å². The predicted octanol–water partition coefficient (Wildman–Crippen LogP) is 3.32. The van der Waals surface area contributed by atoms with Gasteiger partial charge < -0.3 is 9.15 Å². The Labute approximate surface area is 99.2 Å². The number of benzene rings is 1. The molecule has 1 aromatic carbocycles. The molecule has 0 bridgehead atoms. The number of oxazole rings is 1. The Morgan fingerprint density at radius 3 is 2.71 bits per heavy atom. The second-order valence-corrected chi connectivity index (χ2v) is 3.92. The molecule has 0 unspecified atom stereocenters. The van der Waals surface area contributed by atoms with Crippen LogP contribution in [0.4, 0.5) is 4.39 Å². The Hall–Kier alpha value is -1.84. The molecule has 90 valence electrons. The van der Waals surface area contributed by atoms with Crippen LogP contribution in [0.25, 0.3) is 0 Å². The number of ether oxygens (including phenoxy) is 1. The number of aryl methyl sites for hydroxylation is 3. The third-order valence-electron chi connectivity index (χ3n) is 2.58. The van der Waals surface area contributed by atoms with Crippen molar-refractivity contribution in [3.8, 4) is 5.75 Å². The summed E-state index contributed by atoms with van der Waals surface area (Å²) in [4.78, 5) is 4.16. The minimum absolute atomic E-state index is 0.134. The van der Waals surface area contributed by atoms with Gasteiger partial charge in [-0.2, -0.15) is 0 Å². The van der Waals surface area contributed by atoms with Crippen molar-refractivity contribution in [1.82, 2.24) is 4.98 Å². The smallest absolute Gasteiger partial charge is 0.232 e. The molecule has 4 heteroatoms. The lowest BCUT2D eigenvalue weighted by Crippen LogP contribution is -1.98. The molecule has 1 aromatic heterocycles. The van der Waals surface area contributed by atoms with Gasteiger partial charge in [0.2, 0.25) is 5.89 Å². The standard InChI is InChI=1S/C13H14FNO2/c1-8-5-4-6-11(13(8)14)16-7-12-15-9(2)10(3)17-12/h4-6H,7H2,1-3H3. The third-order valence-corrected chi connectivity index (χ3v) is 2.58. The van der Waals surface area contributed by atoms with Crippen molar-refractivity contribution in [3.63, 3.8) is 0 Å². The van der Waals surface area contributed by atoms with Crippen LogP contribution in [-0.2, 0) is 6.61 Å². The predicted molar refractivity (Wildman–Crippen MR) is 61.4 cm³/mol. The zero-order valence-corrected chi connectivity index (χ0v) is 10.1. The van der Waals surface area contributed by atoms with Crippen molar-refractivity contribution in [2.24, 2.45) is 0 Å². The monoisotopic (exact) mass is 235 g/mol. The molecule has 0 aliphatic heterocycles.